The molecule has 0 bridgehead atoms. The summed E-state index contributed by atoms with van der Waals surface area (Å²) in [5.74, 6) is -7.95. The Bertz CT molecular complexity index is 1260. The molecule has 1 aromatic heterocycles. The number of carboxylic acids is 3. The molecule has 0 saturated carbocycles. The predicted octanol–water partition coefficient (Wildman–Crippen LogP) is 2.43. The quantitative estimate of drug-likeness (QED) is 0.100. The maximum Gasteiger partial charge on any atom is 0.344 e. The van der Waals surface area contributed by atoms with Crippen LogP contribution in [-0.2, 0) is 25.6 Å². The number of nitrogens with two attached hydrogens (primary N) is 1. The third-order valence-corrected chi connectivity index (χ3v) is 5.75. The van der Waals surface area contributed by atoms with Crippen LogP contribution < -0.4 is 15.8 Å². The summed E-state index contributed by atoms with van der Waals surface area (Å²) in [6.07, 6.45) is -0.600. The van der Waals surface area contributed by atoms with E-state index in [9.17, 15) is 32.8 Å². The summed E-state index contributed by atoms with van der Waals surface area (Å²) in [5, 5.41) is 36.6. The second kappa shape index (κ2) is 13.9. The molecule has 7 N–H and O–H groups in total. The Hall–Kier alpha value is -4.40. The second-order valence-electron chi connectivity index (χ2n) is 8.63. The minimum atomic E-state index is -2.08. The molecule has 1 amide bonds. The number of esters is 1. The zero-order valence-corrected chi connectivity index (χ0v) is 21.8. The van der Waals surface area contributed by atoms with Crippen molar-refractivity contribution >= 4 is 47.0 Å². The SMILES string of the molecule is CC(C)(F)C(=O)O.CC(Cc1cc(C(=O)Oc2ccc(C(=N)N)cc2F)cs1)C(=O)N[C@@H](CC(=O)O)C(=O)O. The number of alkyl halides is 1. The topological polar surface area (TPSA) is 217 Å². The van der Waals surface area contributed by atoms with Crippen molar-refractivity contribution in [2.24, 2.45) is 11.7 Å². The van der Waals surface area contributed by atoms with Crippen LogP contribution >= 0.6 is 11.3 Å². The molecule has 212 valence electrons. The van der Waals surface area contributed by atoms with Crippen LogP contribution in [0.25, 0.3) is 0 Å². The second-order valence-corrected chi connectivity index (χ2v) is 9.63. The molecule has 0 aliphatic heterocycles. The van der Waals surface area contributed by atoms with Gasteiger partial charge in [0.2, 0.25) is 11.6 Å². The van der Waals surface area contributed by atoms with Crippen molar-refractivity contribution in [2.75, 3.05) is 0 Å². The highest BCUT2D eigenvalue weighted by molar-refractivity contribution is 7.10. The summed E-state index contributed by atoms with van der Waals surface area (Å²) in [4.78, 5) is 56.6. The smallest absolute Gasteiger partial charge is 0.344 e. The number of aliphatic carboxylic acids is 3. The van der Waals surface area contributed by atoms with E-state index >= 15 is 0 Å². The molecule has 0 aliphatic rings. The largest absolute Gasteiger partial charge is 0.481 e. The molecule has 1 heterocycles. The first-order valence-corrected chi connectivity index (χ1v) is 11.9. The summed E-state index contributed by atoms with van der Waals surface area (Å²) in [6.45, 7) is 3.52. The standard InChI is InChI=1S/C20H20FN3O7S.C4H7FO2/c1-9(18(27)24-14(19(28)29)7-16(25)26)4-12-5-11(8-32-12)20(30)31-15-3-2-10(17(22)23)6-13(15)21;1-4(2,5)3(6)7/h2-3,5-6,8-9,14H,4,7H2,1H3,(H3,22,23)(H,24,27)(H,25,26)(H,28,29);1-2H3,(H,6,7)/t9?,14-;/m0./s1. The molecule has 0 saturated heterocycles. The van der Waals surface area contributed by atoms with Gasteiger partial charge in [-0.05, 0) is 44.5 Å². The van der Waals surface area contributed by atoms with Crippen LogP contribution in [0.2, 0.25) is 0 Å². The van der Waals surface area contributed by atoms with Gasteiger partial charge in [0, 0.05) is 21.7 Å². The lowest BCUT2D eigenvalue weighted by atomic mass is 10.0. The van der Waals surface area contributed by atoms with Gasteiger partial charge in [-0.2, -0.15) is 0 Å². The normalized spacial score (nSPS) is 12.2. The molecule has 15 heteroatoms. The molecular formula is C24H27F2N3O9S. The van der Waals surface area contributed by atoms with Crippen molar-refractivity contribution in [3.8, 4) is 5.75 Å². The first-order chi connectivity index (χ1) is 17.9. The zero-order chi connectivity index (χ0) is 30.1. The minimum Gasteiger partial charge on any atom is -0.481 e. The molecule has 1 aromatic carbocycles. The van der Waals surface area contributed by atoms with E-state index in [1.165, 1.54) is 30.5 Å². The fraction of sp³-hybridized carbons (Fsp3) is 0.333. The molecular weight excluding hydrogens is 544 g/mol. The summed E-state index contributed by atoms with van der Waals surface area (Å²) >= 11 is 1.15. The van der Waals surface area contributed by atoms with E-state index in [4.69, 9.17) is 31.2 Å². The van der Waals surface area contributed by atoms with Crippen LogP contribution in [0.4, 0.5) is 8.78 Å². The van der Waals surface area contributed by atoms with Crippen LogP contribution in [0.5, 0.6) is 5.75 Å². The van der Waals surface area contributed by atoms with Gasteiger partial charge in [0.05, 0.1) is 12.0 Å². The first kappa shape index (κ1) is 32.6. The number of nitrogens with one attached hydrogen (secondary N) is 2. The maximum atomic E-state index is 14.0. The Labute approximate surface area is 224 Å². The Morgan fingerprint density at radius 1 is 1.13 bits per heavy atom. The highest BCUT2D eigenvalue weighted by Crippen LogP contribution is 2.23. The Kier molecular flexibility index (Phi) is 11.7. The van der Waals surface area contributed by atoms with Crippen LogP contribution in [0.3, 0.4) is 0 Å². The first-order valence-electron chi connectivity index (χ1n) is 11.0. The van der Waals surface area contributed by atoms with E-state index in [2.05, 4.69) is 5.32 Å². The van der Waals surface area contributed by atoms with Gasteiger partial charge in [-0.15, -0.1) is 11.3 Å². The third kappa shape index (κ3) is 10.9. The number of carbonyl (C=O) groups excluding carboxylic acids is 2. The van der Waals surface area contributed by atoms with Crippen LogP contribution in [-0.4, -0.2) is 62.7 Å². The molecule has 0 spiro atoms. The summed E-state index contributed by atoms with van der Waals surface area (Å²) < 4.78 is 31.0. The number of carbonyl (C=O) groups is 5. The summed E-state index contributed by atoms with van der Waals surface area (Å²) in [7, 11) is 0. The van der Waals surface area contributed by atoms with E-state index in [1.54, 1.807) is 0 Å². The van der Waals surface area contributed by atoms with Crippen molar-refractivity contribution in [2.45, 2.75) is 45.3 Å². The highest BCUT2D eigenvalue weighted by atomic mass is 32.1. The molecule has 2 rings (SSSR count). The van der Waals surface area contributed by atoms with E-state index in [0.717, 1.165) is 31.3 Å². The lowest BCUT2D eigenvalue weighted by Crippen LogP contribution is -2.44. The fourth-order valence-corrected chi connectivity index (χ4v) is 3.57. The zero-order valence-electron chi connectivity index (χ0n) is 21.0. The van der Waals surface area contributed by atoms with E-state index in [0.29, 0.717) is 4.88 Å². The number of carboxylic acid groups (broad SMARTS) is 3. The number of thiophene rings is 1. The molecule has 0 radical (unpaired) electrons. The summed E-state index contributed by atoms with van der Waals surface area (Å²) in [5.41, 5.74) is 3.46. The molecule has 2 aromatic rings. The predicted molar refractivity (Wildman–Crippen MR) is 134 cm³/mol. The number of halogens is 2. The van der Waals surface area contributed by atoms with Gasteiger partial charge in [-0.1, -0.05) is 6.92 Å². The number of ether oxygens (including phenoxy) is 1. The van der Waals surface area contributed by atoms with Crippen molar-refractivity contribution < 1.29 is 52.8 Å². The summed E-state index contributed by atoms with van der Waals surface area (Å²) in [6, 6.07) is 3.39. The maximum absolute atomic E-state index is 14.0. The number of benzene rings is 1. The van der Waals surface area contributed by atoms with E-state index < -0.39 is 59.7 Å². The van der Waals surface area contributed by atoms with Gasteiger partial charge in [-0.25, -0.2) is 23.2 Å². The van der Waals surface area contributed by atoms with Gasteiger partial charge in [-0.3, -0.25) is 15.0 Å². The lowest BCUT2D eigenvalue weighted by molar-refractivity contribution is -0.148. The average Bonchev–Trinajstić information content (AvgIpc) is 3.27. The van der Waals surface area contributed by atoms with Crippen LogP contribution in [0, 0.1) is 17.1 Å². The Morgan fingerprint density at radius 2 is 1.72 bits per heavy atom. The third-order valence-electron chi connectivity index (χ3n) is 4.79. The molecule has 39 heavy (non-hydrogen) atoms. The highest BCUT2D eigenvalue weighted by Gasteiger charge is 2.26. The van der Waals surface area contributed by atoms with Gasteiger partial charge in [0.25, 0.3) is 0 Å². The monoisotopic (exact) mass is 571 g/mol. The molecule has 0 fully saturated rings. The lowest BCUT2D eigenvalue weighted by Gasteiger charge is -2.16. The van der Waals surface area contributed by atoms with Gasteiger partial charge < -0.3 is 31.1 Å². The van der Waals surface area contributed by atoms with Gasteiger partial charge in [0.1, 0.15) is 11.9 Å². The average molecular weight is 572 g/mol. The molecule has 1 unspecified atom stereocenters. The number of hydrogen-bond acceptors (Lipinski definition) is 8. The number of nitrogen functional groups attached to an aromatic ring is 1. The molecule has 2 atom stereocenters. The number of rotatable bonds is 11. The molecule has 12 nitrogen and oxygen atoms in total. The number of amidine groups is 1. The molecule has 0 aliphatic carbocycles. The van der Waals surface area contributed by atoms with Crippen LogP contribution in [0.1, 0.15) is 48.0 Å². The van der Waals surface area contributed by atoms with Crippen molar-refractivity contribution in [3.63, 3.8) is 0 Å². The number of hydrogen-bond donors (Lipinski definition) is 6. The minimum absolute atomic E-state index is 0.127. The van der Waals surface area contributed by atoms with Crippen molar-refractivity contribution in [1.82, 2.24) is 5.32 Å². The van der Waals surface area contributed by atoms with Gasteiger partial charge in [0.15, 0.2) is 11.6 Å². The van der Waals surface area contributed by atoms with Crippen molar-refractivity contribution in [1.29, 1.82) is 5.41 Å². The Balaban J connectivity index is 0.000000956. The van der Waals surface area contributed by atoms with Crippen LogP contribution in [0.15, 0.2) is 29.6 Å². The fourth-order valence-electron chi connectivity index (χ4n) is 2.59. The number of amides is 1. The van der Waals surface area contributed by atoms with Crippen molar-refractivity contribution in [3.05, 3.63) is 51.5 Å². The van der Waals surface area contributed by atoms with E-state index in [1.807, 2.05) is 0 Å². The van der Waals surface area contributed by atoms with E-state index in [-0.39, 0.29) is 29.1 Å². The Morgan fingerprint density at radius 3 is 2.18 bits per heavy atom. The van der Waals surface area contributed by atoms with Gasteiger partial charge >= 0.3 is 23.9 Å².